The number of hydrogen-bond donors (Lipinski definition) is 1. The Balaban J connectivity index is 1.49. The van der Waals surface area contributed by atoms with E-state index in [1.54, 1.807) is 4.90 Å². The van der Waals surface area contributed by atoms with Gasteiger partial charge in [-0.05, 0) is 37.1 Å². The first-order valence-corrected chi connectivity index (χ1v) is 8.59. The summed E-state index contributed by atoms with van der Waals surface area (Å²) in [6.45, 7) is 6.75. The number of hydrogen-bond acceptors (Lipinski definition) is 2. The molecular weight excluding hydrogens is 286 g/mol. The van der Waals surface area contributed by atoms with Crippen LogP contribution >= 0.6 is 0 Å². The van der Waals surface area contributed by atoms with Crippen molar-refractivity contribution in [1.82, 2.24) is 0 Å². The van der Waals surface area contributed by atoms with Gasteiger partial charge < -0.3 is 14.4 Å². The second-order valence-electron chi connectivity index (χ2n) is 6.44. The van der Waals surface area contributed by atoms with Crippen LogP contribution in [0.4, 0.5) is 0 Å². The molecule has 1 N–H and O–H groups in total. The second kappa shape index (κ2) is 8.02. The van der Waals surface area contributed by atoms with Gasteiger partial charge in [0.15, 0.2) is 0 Å². The van der Waals surface area contributed by atoms with Crippen molar-refractivity contribution in [2.45, 2.75) is 19.8 Å². The lowest BCUT2D eigenvalue weighted by Crippen LogP contribution is -3.14. The summed E-state index contributed by atoms with van der Waals surface area (Å²) in [4.78, 5) is 1.67. The molecule has 0 saturated carbocycles. The van der Waals surface area contributed by atoms with E-state index in [0.29, 0.717) is 0 Å². The zero-order valence-corrected chi connectivity index (χ0v) is 13.8. The van der Waals surface area contributed by atoms with Gasteiger partial charge in [0.25, 0.3) is 0 Å². The molecule has 0 spiro atoms. The third-order valence-corrected chi connectivity index (χ3v) is 4.37. The van der Waals surface area contributed by atoms with Crippen molar-refractivity contribution in [2.24, 2.45) is 5.92 Å². The molecular formula is C20H26NO2+. The monoisotopic (exact) mass is 312 g/mol. The highest BCUT2D eigenvalue weighted by Crippen LogP contribution is 2.24. The molecule has 3 nitrogen and oxygen atoms in total. The third-order valence-electron chi connectivity index (χ3n) is 4.37. The molecule has 2 atom stereocenters. The molecule has 122 valence electrons. The summed E-state index contributed by atoms with van der Waals surface area (Å²) in [5, 5.41) is 0. The zero-order chi connectivity index (χ0) is 15.9. The van der Waals surface area contributed by atoms with Crippen LogP contribution in [0.3, 0.4) is 0 Å². The molecule has 1 heterocycles. The van der Waals surface area contributed by atoms with Gasteiger partial charge in [0.2, 0.25) is 0 Å². The fraction of sp³-hybridized carbons (Fsp3) is 0.400. The van der Waals surface area contributed by atoms with Gasteiger partial charge in [0, 0.05) is 12.0 Å². The van der Waals surface area contributed by atoms with E-state index in [0.717, 1.165) is 36.3 Å². The fourth-order valence-corrected chi connectivity index (χ4v) is 3.19. The summed E-state index contributed by atoms with van der Waals surface area (Å²) >= 11 is 0. The van der Waals surface area contributed by atoms with Gasteiger partial charge >= 0.3 is 0 Å². The van der Waals surface area contributed by atoms with Crippen LogP contribution in [0.25, 0.3) is 0 Å². The zero-order valence-electron chi connectivity index (χ0n) is 13.8. The van der Waals surface area contributed by atoms with Crippen molar-refractivity contribution < 1.29 is 14.4 Å². The van der Waals surface area contributed by atoms with Crippen LogP contribution in [-0.4, -0.2) is 26.2 Å². The number of likely N-dealkylation sites (tertiary alicyclic amines) is 1. The first-order chi connectivity index (χ1) is 11.3. The first-order valence-electron chi connectivity index (χ1n) is 8.59. The van der Waals surface area contributed by atoms with E-state index in [1.807, 2.05) is 54.6 Å². The standard InChI is InChI=1S/C20H25NO2/c1-17-7-6-12-21(16-17)13-14-22-19-10-5-11-20(15-19)23-18-8-3-2-4-9-18/h2-5,8-11,15,17H,6-7,12-14,16H2,1H3/p+1/t17-/m0/s1. The summed E-state index contributed by atoms with van der Waals surface area (Å²) in [5.74, 6) is 3.38. The number of quaternary nitrogens is 1. The van der Waals surface area contributed by atoms with Crippen molar-refractivity contribution >= 4 is 0 Å². The number of ether oxygens (including phenoxy) is 2. The molecule has 0 amide bonds. The Morgan fingerprint density at radius 1 is 1.00 bits per heavy atom. The van der Waals surface area contributed by atoms with E-state index < -0.39 is 0 Å². The SMILES string of the molecule is C[C@H]1CCC[NH+](CCOc2cccc(Oc3ccccc3)c2)C1. The number of nitrogens with one attached hydrogen (secondary N) is 1. The minimum atomic E-state index is 0.761. The Kier molecular flexibility index (Phi) is 5.54. The molecule has 1 aliphatic heterocycles. The van der Waals surface area contributed by atoms with Crippen LogP contribution in [-0.2, 0) is 0 Å². The Morgan fingerprint density at radius 3 is 2.61 bits per heavy atom. The van der Waals surface area contributed by atoms with Gasteiger partial charge in [-0.3, -0.25) is 0 Å². The highest BCUT2D eigenvalue weighted by Gasteiger charge is 2.19. The van der Waals surface area contributed by atoms with Gasteiger partial charge in [-0.2, -0.15) is 0 Å². The average Bonchev–Trinajstić information content (AvgIpc) is 2.56. The molecule has 1 fully saturated rings. The largest absolute Gasteiger partial charge is 0.488 e. The van der Waals surface area contributed by atoms with Crippen LogP contribution in [0.2, 0.25) is 0 Å². The van der Waals surface area contributed by atoms with Gasteiger partial charge in [-0.25, -0.2) is 0 Å². The fourth-order valence-electron chi connectivity index (χ4n) is 3.19. The quantitative estimate of drug-likeness (QED) is 0.885. The van der Waals surface area contributed by atoms with Crippen LogP contribution < -0.4 is 14.4 Å². The third kappa shape index (κ3) is 5.00. The number of para-hydroxylation sites is 1. The average molecular weight is 312 g/mol. The molecule has 3 heteroatoms. The summed E-state index contributed by atoms with van der Waals surface area (Å²) < 4.78 is 11.8. The minimum Gasteiger partial charge on any atom is -0.488 e. The van der Waals surface area contributed by atoms with E-state index in [2.05, 4.69) is 6.92 Å². The van der Waals surface area contributed by atoms with E-state index in [4.69, 9.17) is 9.47 Å². The van der Waals surface area contributed by atoms with Crippen LogP contribution in [0, 0.1) is 5.92 Å². The highest BCUT2D eigenvalue weighted by atomic mass is 16.5. The van der Waals surface area contributed by atoms with E-state index in [1.165, 1.54) is 25.9 Å². The predicted octanol–water partition coefficient (Wildman–Crippen LogP) is 3.17. The Bertz CT molecular complexity index is 600. The number of benzene rings is 2. The Hall–Kier alpha value is -2.00. The van der Waals surface area contributed by atoms with E-state index >= 15 is 0 Å². The molecule has 1 aliphatic rings. The van der Waals surface area contributed by atoms with Crippen molar-refractivity contribution in [2.75, 3.05) is 26.2 Å². The molecule has 23 heavy (non-hydrogen) atoms. The molecule has 0 bridgehead atoms. The molecule has 0 aromatic heterocycles. The maximum Gasteiger partial charge on any atom is 0.137 e. The summed E-state index contributed by atoms with van der Waals surface area (Å²) in [5.41, 5.74) is 0. The van der Waals surface area contributed by atoms with Crippen LogP contribution in [0.5, 0.6) is 17.2 Å². The first kappa shape index (κ1) is 15.9. The highest BCUT2D eigenvalue weighted by molar-refractivity contribution is 5.36. The maximum atomic E-state index is 5.92. The van der Waals surface area contributed by atoms with Gasteiger partial charge in [-0.1, -0.05) is 31.2 Å². The molecule has 0 radical (unpaired) electrons. The Labute approximate surface area is 138 Å². The molecule has 1 unspecified atom stereocenters. The predicted molar refractivity (Wildman–Crippen MR) is 92.4 cm³/mol. The Morgan fingerprint density at radius 2 is 1.78 bits per heavy atom. The topological polar surface area (TPSA) is 22.9 Å². The second-order valence-corrected chi connectivity index (χ2v) is 6.44. The molecule has 1 saturated heterocycles. The minimum absolute atomic E-state index is 0.761. The lowest BCUT2D eigenvalue weighted by molar-refractivity contribution is -0.908. The molecule has 0 aliphatic carbocycles. The van der Waals surface area contributed by atoms with Gasteiger partial charge in [0.1, 0.15) is 30.4 Å². The van der Waals surface area contributed by atoms with E-state index in [-0.39, 0.29) is 0 Å². The van der Waals surface area contributed by atoms with E-state index in [9.17, 15) is 0 Å². The van der Waals surface area contributed by atoms with Crippen molar-refractivity contribution in [3.05, 3.63) is 54.6 Å². The smallest absolute Gasteiger partial charge is 0.137 e. The molecule has 2 aromatic rings. The molecule has 3 rings (SSSR count). The lowest BCUT2D eigenvalue weighted by atomic mass is 10.0. The van der Waals surface area contributed by atoms with Gasteiger partial charge in [0.05, 0.1) is 13.1 Å². The van der Waals surface area contributed by atoms with Crippen LogP contribution in [0.15, 0.2) is 54.6 Å². The lowest BCUT2D eigenvalue weighted by Gasteiger charge is -2.27. The van der Waals surface area contributed by atoms with Crippen molar-refractivity contribution in [1.29, 1.82) is 0 Å². The van der Waals surface area contributed by atoms with Crippen LogP contribution in [0.1, 0.15) is 19.8 Å². The summed E-state index contributed by atoms with van der Waals surface area (Å²) in [7, 11) is 0. The number of piperidine rings is 1. The maximum absolute atomic E-state index is 5.92. The normalized spacial score (nSPS) is 20.9. The molecule has 2 aromatic carbocycles. The van der Waals surface area contributed by atoms with Gasteiger partial charge in [-0.15, -0.1) is 0 Å². The summed E-state index contributed by atoms with van der Waals surface area (Å²) in [6, 6.07) is 17.7. The summed E-state index contributed by atoms with van der Waals surface area (Å²) in [6.07, 6.45) is 2.72. The van der Waals surface area contributed by atoms with Crippen molar-refractivity contribution in [3.8, 4) is 17.2 Å². The number of rotatable bonds is 6. The van der Waals surface area contributed by atoms with Crippen molar-refractivity contribution in [3.63, 3.8) is 0 Å².